The number of halogens is 1. The molecule has 0 spiro atoms. The van der Waals surface area contributed by atoms with Gasteiger partial charge in [0.25, 0.3) is 0 Å². The first kappa shape index (κ1) is 20.8. The molecular weight excluding hydrogens is 482 g/mol. The van der Waals surface area contributed by atoms with Crippen LogP contribution in [-0.4, -0.2) is 19.6 Å². The normalized spacial score (nSPS) is 18.1. The number of pyridine rings is 2. The molecule has 1 aliphatic heterocycles. The molecule has 2 atom stereocenters. The van der Waals surface area contributed by atoms with E-state index in [2.05, 4.69) is 90.2 Å². The Labute approximate surface area is 201 Å². The number of rotatable bonds is 5. The Hall–Kier alpha value is -3.03. The second-order valence-corrected chi connectivity index (χ2v) is 9.05. The highest BCUT2D eigenvalue weighted by Gasteiger charge is 2.42. The predicted octanol–water partition coefficient (Wildman–Crippen LogP) is 5.57. The van der Waals surface area contributed by atoms with E-state index in [1.54, 1.807) is 0 Å². The highest BCUT2D eigenvalue weighted by Crippen LogP contribution is 2.42. The van der Waals surface area contributed by atoms with Crippen molar-refractivity contribution in [2.24, 2.45) is 0 Å². The Bertz CT molecular complexity index is 1240. The zero-order valence-electron chi connectivity index (χ0n) is 17.5. The number of thiocarbonyl (C=S) groups is 1. The van der Waals surface area contributed by atoms with Crippen molar-refractivity contribution in [1.29, 1.82) is 0 Å². The molecule has 5 rings (SSSR count). The van der Waals surface area contributed by atoms with Gasteiger partial charge < -0.3 is 14.8 Å². The van der Waals surface area contributed by atoms with Gasteiger partial charge in [0.2, 0.25) is 0 Å². The molecule has 0 amide bonds. The minimum absolute atomic E-state index is 0.0586. The minimum atomic E-state index is -0.0787. The van der Waals surface area contributed by atoms with Crippen molar-refractivity contribution in [3.8, 4) is 0 Å². The third-order valence-electron chi connectivity index (χ3n) is 5.74. The summed E-state index contributed by atoms with van der Waals surface area (Å²) in [5.74, 6) is 0. The van der Waals surface area contributed by atoms with Gasteiger partial charge in [-0.15, -0.1) is 0 Å². The number of nitrogens with one attached hydrogen (secondary N) is 1. The molecule has 4 heterocycles. The molecule has 7 heteroatoms. The smallest absolute Gasteiger partial charge is 0.174 e. The third kappa shape index (κ3) is 3.94. The first-order chi connectivity index (χ1) is 15.6. The van der Waals surface area contributed by atoms with Crippen LogP contribution in [0.4, 0.5) is 5.69 Å². The fourth-order valence-corrected chi connectivity index (χ4v) is 4.81. The SMILES string of the molecule is Cc1cc(N2C(=S)N[C@@H](c3ccccn3)[C@H]2c2cccn2Cc2ccccn2)ccc1Br. The van der Waals surface area contributed by atoms with E-state index >= 15 is 0 Å². The fraction of sp³-hybridized carbons (Fsp3) is 0.160. The maximum absolute atomic E-state index is 5.85. The molecule has 0 unspecified atom stereocenters. The van der Waals surface area contributed by atoms with Crippen LogP contribution in [-0.2, 0) is 6.54 Å². The van der Waals surface area contributed by atoms with Crippen LogP contribution in [0.25, 0.3) is 0 Å². The molecule has 1 fully saturated rings. The summed E-state index contributed by atoms with van der Waals surface area (Å²) in [6.45, 7) is 2.78. The van der Waals surface area contributed by atoms with Crippen molar-refractivity contribution in [1.82, 2.24) is 19.9 Å². The summed E-state index contributed by atoms with van der Waals surface area (Å²) in [6.07, 6.45) is 5.76. The van der Waals surface area contributed by atoms with Crippen LogP contribution in [0.5, 0.6) is 0 Å². The van der Waals surface area contributed by atoms with Crippen LogP contribution < -0.4 is 10.2 Å². The molecular formula is C25H22BrN5S. The van der Waals surface area contributed by atoms with Gasteiger partial charge >= 0.3 is 0 Å². The summed E-state index contributed by atoms with van der Waals surface area (Å²) < 4.78 is 3.33. The van der Waals surface area contributed by atoms with Crippen LogP contribution in [0.1, 0.15) is 34.7 Å². The summed E-state index contributed by atoms with van der Waals surface area (Å²) in [5, 5.41) is 4.23. The average Bonchev–Trinajstić information content (AvgIpc) is 3.40. The lowest BCUT2D eigenvalue weighted by Crippen LogP contribution is -2.30. The van der Waals surface area contributed by atoms with E-state index in [0.29, 0.717) is 11.7 Å². The number of benzene rings is 1. The average molecular weight is 504 g/mol. The summed E-state index contributed by atoms with van der Waals surface area (Å²) >= 11 is 9.47. The molecule has 1 aromatic carbocycles. The summed E-state index contributed by atoms with van der Waals surface area (Å²) in [5.41, 5.74) is 5.34. The highest BCUT2D eigenvalue weighted by molar-refractivity contribution is 9.10. The standard InChI is InChI=1S/C25H22BrN5S/c1-17-15-19(10-11-20(17)26)31-24(23(29-25(31)32)21-8-3-5-13-28-21)22-9-6-14-30(22)16-18-7-2-4-12-27-18/h2-15,23-24H,16H2,1H3,(H,29,32)/t23-,24+/m0/s1. The number of aromatic nitrogens is 3. The van der Waals surface area contributed by atoms with E-state index in [0.717, 1.165) is 32.8 Å². The number of hydrogen-bond acceptors (Lipinski definition) is 3. The van der Waals surface area contributed by atoms with Crippen molar-refractivity contribution < 1.29 is 0 Å². The molecule has 0 bridgehead atoms. The third-order valence-corrected chi connectivity index (χ3v) is 6.95. The van der Waals surface area contributed by atoms with Gasteiger partial charge in [-0.1, -0.05) is 28.1 Å². The molecule has 1 N–H and O–H groups in total. The summed E-state index contributed by atoms with van der Waals surface area (Å²) in [7, 11) is 0. The highest BCUT2D eigenvalue weighted by atomic mass is 79.9. The first-order valence-corrected chi connectivity index (χ1v) is 11.6. The van der Waals surface area contributed by atoms with Gasteiger partial charge in [0.1, 0.15) is 6.04 Å². The fourth-order valence-electron chi connectivity index (χ4n) is 4.22. The van der Waals surface area contributed by atoms with Crippen LogP contribution >= 0.6 is 28.1 Å². The number of anilines is 1. The van der Waals surface area contributed by atoms with Crippen molar-refractivity contribution in [3.63, 3.8) is 0 Å². The van der Waals surface area contributed by atoms with Crippen LogP contribution in [0.3, 0.4) is 0 Å². The number of hydrogen-bond donors (Lipinski definition) is 1. The predicted molar refractivity (Wildman–Crippen MR) is 135 cm³/mol. The Morgan fingerprint density at radius 3 is 2.53 bits per heavy atom. The van der Waals surface area contributed by atoms with Crippen molar-refractivity contribution >= 4 is 38.9 Å². The molecule has 0 saturated carbocycles. The zero-order chi connectivity index (χ0) is 22.1. The van der Waals surface area contributed by atoms with Crippen LogP contribution in [0, 0.1) is 6.92 Å². The molecule has 160 valence electrons. The molecule has 1 saturated heterocycles. The topological polar surface area (TPSA) is 46.0 Å². The van der Waals surface area contributed by atoms with Gasteiger partial charge in [-0.05, 0) is 79.3 Å². The van der Waals surface area contributed by atoms with E-state index in [9.17, 15) is 0 Å². The minimum Gasteiger partial charge on any atom is -0.351 e. The van der Waals surface area contributed by atoms with E-state index in [1.165, 1.54) is 0 Å². The van der Waals surface area contributed by atoms with E-state index in [1.807, 2.05) is 42.7 Å². The van der Waals surface area contributed by atoms with Gasteiger partial charge in [-0.3, -0.25) is 9.97 Å². The first-order valence-electron chi connectivity index (χ1n) is 10.4. The van der Waals surface area contributed by atoms with E-state index < -0.39 is 0 Å². The lowest BCUT2D eigenvalue weighted by atomic mass is 10.0. The summed E-state index contributed by atoms with van der Waals surface area (Å²) in [4.78, 5) is 11.4. The second-order valence-electron chi connectivity index (χ2n) is 7.81. The molecule has 3 aromatic heterocycles. The molecule has 0 aliphatic carbocycles. The quantitative estimate of drug-likeness (QED) is 0.360. The lowest BCUT2D eigenvalue weighted by Gasteiger charge is -2.29. The molecule has 5 nitrogen and oxygen atoms in total. The Morgan fingerprint density at radius 2 is 1.81 bits per heavy atom. The Morgan fingerprint density at radius 1 is 1.00 bits per heavy atom. The number of aryl methyl sites for hydroxylation is 1. The molecule has 1 aliphatic rings. The monoisotopic (exact) mass is 503 g/mol. The van der Waals surface area contributed by atoms with Gasteiger partial charge in [0.05, 0.1) is 24.0 Å². The van der Waals surface area contributed by atoms with Crippen molar-refractivity contribution in [2.75, 3.05) is 4.90 Å². The van der Waals surface area contributed by atoms with E-state index in [4.69, 9.17) is 12.2 Å². The van der Waals surface area contributed by atoms with Gasteiger partial charge in [-0.25, -0.2) is 0 Å². The summed E-state index contributed by atoms with van der Waals surface area (Å²) in [6, 6.07) is 22.5. The second kappa shape index (κ2) is 8.84. The molecule has 0 radical (unpaired) electrons. The van der Waals surface area contributed by atoms with Gasteiger partial charge in [0, 0.05) is 34.4 Å². The number of nitrogens with zero attached hydrogens (tertiary/aromatic N) is 4. The van der Waals surface area contributed by atoms with E-state index in [-0.39, 0.29) is 12.1 Å². The molecule has 4 aromatic rings. The largest absolute Gasteiger partial charge is 0.351 e. The van der Waals surface area contributed by atoms with Gasteiger partial charge in [-0.2, -0.15) is 0 Å². The van der Waals surface area contributed by atoms with Crippen molar-refractivity contribution in [2.45, 2.75) is 25.6 Å². The maximum Gasteiger partial charge on any atom is 0.174 e. The Kier molecular flexibility index (Phi) is 5.76. The maximum atomic E-state index is 5.85. The molecule has 32 heavy (non-hydrogen) atoms. The van der Waals surface area contributed by atoms with Crippen LogP contribution in [0.15, 0.2) is 89.8 Å². The van der Waals surface area contributed by atoms with Crippen LogP contribution in [0.2, 0.25) is 0 Å². The zero-order valence-corrected chi connectivity index (χ0v) is 19.9. The van der Waals surface area contributed by atoms with Crippen molar-refractivity contribution in [3.05, 3.63) is 112 Å². The Balaban J connectivity index is 1.61. The van der Waals surface area contributed by atoms with Gasteiger partial charge in [0.15, 0.2) is 5.11 Å². The lowest BCUT2D eigenvalue weighted by molar-refractivity contribution is 0.532.